The summed E-state index contributed by atoms with van der Waals surface area (Å²) in [7, 11) is 0. The van der Waals surface area contributed by atoms with Crippen molar-refractivity contribution in [2.45, 2.75) is 50.5 Å². The Morgan fingerprint density at radius 3 is 2.37 bits per heavy atom. The third-order valence-electron chi connectivity index (χ3n) is 5.04. The Hall–Kier alpha value is -1.10. The highest BCUT2D eigenvalue weighted by Crippen LogP contribution is 2.61. The first-order chi connectivity index (χ1) is 8.91. The van der Waals surface area contributed by atoms with E-state index in [2.05, 4.69) is 0 Å². The highest BCUT2D eigenvalue weighted by molar-refractivity contribution is 5.78. The summed E-state index contributed by atoms with van der Waals surface area (Å²) in [6.45, 7) is 0.0592. The lowest BCUT2D eigenvalue weighted by atomic mass is 9.48. The molecule has 0 aromatic carbocycles. The number of carbonyl (C=O) groups is 2. The second kappa shape index (κ2) is 4.20. The van der Waals surface area contributed by atoms with Gasteiger partial charge in [-0.2, -0.15) is 0 Å². The van der Waals surface area contributed by atoms with Crippen LogP contribution in [-0.4, -0.2) is 29.2 Å². The summed E-state index contributed by atoms with van der Waals surface area (Å²) in [4.78, 5) is 23.0. The van der Waals surface area contributed by atoms with Gasteiger partial charge in [0.05, 0.1) is 17.4 Å². The van der Waals surface area contributed by atoms with Crippen LogP contribution >= 0.6 is 0 Å². The van der Waals surface area contributed by atoms with Crippen molar-refractivity contribution < 1.29 is 19.4 Å². The van der Waals surface area contributed by atoms with Gasteiger partial charge in [-0.1, -0.05) is 0 Å². The van der Waals surface area contributed by atoms with Crippen LogP contribution in [0.1, 0.15) is 44.9 Å². The van der Waals surface area contributed by atoms with E-state index in [1.165, 1.54) is 0 Å². The maximum Gasteiger partial charge on any atom is 0.312 e. The molecule has 5 heteroatoms. The molecule has 4 rings (SSSR count). The Bertz CT molecular complexity index is 406. The van der Waals surface area contributed by atoms with Crippen molar-refractivity contribution in [3.05, 3.63) is 0 Å². The summed E-state index contributed by atoms with van der Waals surface area (Å²) >= 11 is 0. The van der Waals surface area contributed by atoms with Crippen LogP contribution in [-0.2, 0) is 14.3 Å². The molecule has 1 amide bonds. The van der Waals surface area contributed by atoms with E-state index in [1.807, 2.05) is 0 Å². The molecule has 2 unspecified atom stereocenters. The Morgan fingerprint density at radius 2 is 1.84 bits per heavy atom. The topological polar surface area (TPSA) is 89.6 Å². The Balaban J connectivity index is 1.69. The van der Waals surface area contributed by atoms with Crippen LogP contribution in [0.3, 0.4) is 0 Å². The van der Waals surface area contributed by atoms with Crippen molar-refractivity contribution >= 4 is 11.9 Å². The first-order valence-corrected chi connectivity index (χ1v) is 7.09. The summed E-state index contributed by atoms with van der Waals surface area (Å²) in [6, 6.07) is 0. The van der Waals surface area contributed by atoms with E-state index in [0.717, 1.165) is 32.1 Å². The fourth-order valence-corrected chi connectivity index (χ4v) is 4.85. The smallest absolute Gasteiger partial charge is 0.312 e. The highest BCUT2D eigenvalue weighted by Gasteiger charge is 2.60. The molecule has 4 bridgehead atoms. The van der Waals surface area contributed by atoms with Crippen molar-refractivity contribution in [1.29, 1.82) is 0 Å². The molecule has 0 aromatic heterocycles. The maximum absolute atomic E-state index is 12.3. The van der Waals surface area contributed by atoms with Gasteiger partial charge in [0, 0.05) is 0 Å². The van der Waals surface area contributed by atoms with E-state index in [9.17, 15) is 14.7 Å². The number of esters is 1. The molecule has 5 nitrogen and oxygen atoms in total. The highest BCUT2D eigenvalue weighted by atomic mass is 16.5. The van der Waals surface area contributed by atoms with Crippen LogP contribution in [0, 0.1) is 17.3 Å². The van der Waals surface area contributed by atoms with Crippen molar-refractivity contribution in [1.82, 2.24) is 0 Å². The molecule has 2 atom stereocenters. The molecule has 4 fully saturated rings. The molecule has 4 aliphatic rings. The van der Waals surface area contributed by atoms with Gasteiger partial charge in [0.2, 0.25) is 5.91 Å². The van der Waals surface area contributed by atoms with E-state index in [4.69, 9.17) is 10.5 Å². The van der Waals surface area contributed by atoms with Crippen LogP contribution in [0.15, 0.2) is 0 Å². The first-order valence-electron chi connectivity index (χ1n) is 7.09. The zero-order valence-corrected chi connectivity index (χ0v) is 11.1. The molecule has 0 spiro atoms. The van der Waals surface area contributed by atoms with Gasteiger partial charge < -0.3 is 15.6 Å². The van der Waals surface area contributed by atoms with Gasteiger partial charge in [0.15, 0.2) is 0 Å². The molecule has 19 heavy (non-hydrogen) atoms. The normalized spacial score (nSPS) is 43.2. The fourth-order valence-electron chi connectivity index (χ4n) is 4.85. The molecule has 0 aromatic rings. The Labute approximate surface area is 112 Å². The Kier molecular flexibility index (Phi) is 2.85. The van der Waals surface area contributed by atoms with Crippen LogP contribution in [0.25, 0.3) is 0 Å². The minimum absolute atomic E-state index is 0.0592. The monoisotopic (exact) mass is 267 g/mol. The predicted molar refractivity (Wildman–Crippen MR) is 66.8 cm³/mol. The largest absolute Gasteiger partial charge is 0.465 e. The van der Waals surface area contributed by atoms with Crippen molar-refractivity contribution in [3.8, 4) is 0 Å². The lowest BCUT2D eigenvalue weighted by Crippen LogP contribution is -2.58. The van der Waals surface area contributed by atoms with Crippen molar-refractivity contribution in [2.75, 3.05) is 6.61 Å². The second-order valence-corrected chi connectivity index (χ2v) is 6.82. The zero-order valence-electron chi connectivity index (χ0n) is 11.1. The molecular formula is C14H21NO4. The van der Waals surface area contributed by atoms with E-state index in [-0.39, 0.29) is 19.0 Å². The number of hydrogen-bond acceptors (Lipinski definition) is 4. The molecule has 0 heterocycles. The van der Waals surface area contributed by atoms with Crippen LogP contribution < -0.4 is 5.73 Å². The van der Waals surface area contributed by atoms with E-state index >= 15 is 0 Å². The quantitative estimate of drug-likeness (QED) is 0.735. The number of nitrogens with two attached hydrogens (primary N) is 1. The van der Waals surface area contributed by atoms with E-state index in [1.54, 1.807) is 0 Å². The third-order valence-corrected chi connectivity index (χ3v) is 5.04. The SMILES string of the molecule is NC(=O)CCOC(=O)C12CC3CC(CC(O)(C3)C1)C2. The van der Waals surface area contributed by atoms with Gasteiger partial charge in [-0.05, 0) is 50.4 Å². The van der Waals surface area contributed by atoms with Gasteiger partial charge in [0.1, 0.15) is 6.61 Å². The molecule has 0 aliphatic heterocycles. The summed E-state index contributed by atoms with van der Waals surface area (Å²) in [5.41, 5.74) is 3.87. The van der Waals surface area contributed by atoms with Gasteiger partial charge in [-0.3, -0.25) is 9.59 Å². The van der Waals surface area contributed by atoms with Crippen LogP contribution in [0.5, 0.6) is 0 Å². The average molecular weight is 267 g/mol. The Morgan fingerprint density at radius 1 is 1.21 bits per heavy atom. The molecule has 4 saturated carbocycles. The van der Waals surface area contributed by atoms with Crippen LogP contribution in [0.2, 0.25) is 0 Å². The molecule has 0 saturated heterocycles. The van der Waals surface area contributed by atoms with Gasteiger partial charge in [-0.15, -0.1) is 0 Å². The summed E-state index contributed by atoms with van der Waals surface area (Å²) in [6.07, 6.45) is 5.07. The predicted octanol–water partition coefficient (Wildman–Crippen LogP) is 0.736. The second-order valence-electron chi connectivity index (χ2n) is 6.82. The standard InChI is InChI=1S/C14H21NO4/c15-11(16)1-2-19-12(17)13-4-9-3-10(5-13)7-14(18,6-9)8-13/h9-10,18H,1-8H2,(H2,15,16). The van der Waals surface area contributed by atoms with Crippen LogP contribution in [0.4, 0.5) is 0 Å². The van der Waals surface area contributed by atoms with Crippen molar-refractivity contribution in [3.63, 3.8) is 0 Å². The molecule has 3 N–H and O–H groups in total. The lowest BCUT2D eigenvalue weighted by Gasteiger charge is -2.58. The van der Waals surface area contributed by atoms with E-state index in [0.29, 0.717) is 18.3 Å². The molecule has 4 aliphatic carbocycles. The number of carbonyl (C=O) groups excluding carboxylic acids is 2. The summed E-state index contributed by atoms with van der Waals surface area (Å²) in [5, 5.41) is 10.5. The average Bonchev–Trinajstić information content (AvgIpc) is 2.24. The molecular weight excluding hydrogens is 246 g/mol. The summed E-state index contributed by atoms with van der Waals surface area (Å²) < 4.78 is 5.23. The maximum atomic E-state index is 12.3. The molecule has 106 valence electrons. The number of ether oxygens (including phenoxy) is 1. The lowest BCUT2D eigenvalue weighted by molar-refractivity contribution is -0.196. The number of rotatable bonds is 4. The zero-order chi connectivity index (χ0) is 13.7. The van der Waals surface area contributed by atoms with E-state index < -0.39 is 16.9 Å². The minimum Gasteiger partial charge on any atom is -0.465 e. The van der Waals surface area contributed by atoms with Gasteiger partial charge >= 0.3 is 5.97 Å². The number of hydrogen-bond donors (Lipinski definition) is 2. The number of aliphatic hydroxyl groups is 1. The number of primary amides is 1. The third kappa shape index (κ3) is 2.24. The van der Waals surface area contributed by atoms with Crippen molar-refractivity contribution in [2.24, 2.45) is 23.0 Å². The minimum atomic E-state index is -0.660. The number of amides is 1. The van der Waals surface area contributed by atoms with Gasteiger partial charge in [0.25, 0.3) is 0 Å². The first kappa shape index (κ1) is 12.9. The summed E-state index contributed by atoms with van der Waals surface area (Å²) in [5.74, 6) is 0.211. The molecule has 0 radical (unpaired) electrons. The van der Waals surface area contributed by atoms with Gasteiger partial charge in [-0.25, -0.2) is 0 Å². The fraction of sp³-hybridized carbons (Fsp3) is 0.857.